The fourth-order valence-corrected chi connectivity index (χ4v) is 4.31. The predicted molar refractivity (Wildman–Crippen MR) is 126 cm³/mol. The number of carbonyl (C=O) groups is 4. The van der Waals surface area contributed by atoms with E-state index in [2.05, 4.69) is 10.6 Å². The molecule has 0 aromatic heterocycles. The summed E-state index contributed by atoms with van der Waals surface area (Å²) in [5, 5.41) is 5.98. The van der Waals surface area contributed by atoms with Crippen LogP contribution in [0.15, 0.2) is 48.5 Å². The molecule has 174 valence electrons. The Morgan fingerprint density at radius 1 is 1.06 bits per heavy atom. The van der Waals surface area contributed by atoms with E-state index in [4.69, 9.17) is 23.2 Å². The van der Waals surface area contributed by atoms with Crippen LogP contribution in [0.4, 0.5) is 0 Å². The summed E-state index contributed by atoms with van der Waals surface area (Å²) in [4.78, 5) is 52.1. The molecular formula is C24H25Cl2N3O4. The first-order valence-corrected chi connectivity index (χ1v) is 11.5. The van der Waals surface area contributed by atoms with Crippen molar-refractivity contribution in [1.29, 1.82) is 0 Å². The number of nitrogens with zero attached hydrogens (tertiary/aromatic N) is 1. The number of likely N-dealkylation sites (tertiary alicyclic amines) is 1. The lowest BCUT2D eigenvalue weighted by molar-refractivity contribution is -0.141. The molecule has 0 aliphatic carbocycles. The molecule has 1 fully saturated rings. The summed E-state index contributed by atoms with van der Waals surface area (Å²) in [5.74, 6) is -2.21. The van der Waals surface area contributed by atoms with E-state index in [1.165, 1.54) is 4.90 Å². The Morgan fingerprint density at radius 2 is 1.73 bits per heavy atom. The minimum absolute atomic E-state index is 0.0725. The maximum atomic E-state index is 13.2. The highest BCUT2D eigenvalue weighted by Crippen LogP contribution is 2.29. The molecule has 3 rings (SSSR count). The summed E-state index contributed by atoms with van der Waals surface area (Å²) in [5.41, 5.74) is 1.34. The molecule has 1 aliphatic rings. The number of likely N-dealkylation sites (N-methyl/N-ethyl adjacent to an activating group) is 1. The number of benzene rings is 2. The molecule has 2 atom stereocenters. The van der Waals surface area contributed by atoms with E-state index in [-0.39, 0.29) is 25.3 Å². The summed E-state index contributed by atoms with van der Waals surface area (Å²) in [6.45, 7) is 2.07. The van der Waals surface area contributed by atoms with Crippen molar-refractivity contribution < 1.29 is 19.2 Å². The second kappa shape index (κ2) is 11.3. The zero-order valence-corrected chi connectivity index (χ0v) is 19.7. The summed E-state index contributed by atoms with van der Waals surface area (Å²) in [6.07, 6.45) is 0.632. The van der Waals surface area contributed by atoms with Gasteiger partial charge in [-0.2, -0.15) is 0 Å². The number of amides is 3. The number of nitrogens with one attached hydrogen (secondary N) is 2. The van der Waals surface area contributed by atoms with E-state index in [0.717, 1.165) is 5.56 Å². The van der Waals surface area contributed by atoms with Crippen molar-refractivity contribution in [3.05, 3.63) is 69.7 Å². The van der Waals surface area contributed by atoms with Crippen LogP contribution in [0.2, 0.25) is 10.0 Å². The van der Waals surface area contributed by atoms with Crippen LogP contribution in [0, 0.1) is 0 Å². The fourth-order valence-electron chi connectivity index (χ4n) is 3.79. The van der Waals surface area contributed by atoms with Crippen molar-refractivity contribution >= 4 is 46.7 Å². The normalized spacial score (nSPS) is 16.4. The van der Waals surface area contributed by atoms with Crippen molar-refractivity contribution in [2.24, 2.45) is 0 Å². The molecule has 33 heavy (non-hydrogen) atoms. The molecule has 1 heterocycles. The number of halogens is 2. The lowest BCUT2D eigenvalue weighted by Crippen LogP contribution is -2.53. The van der Waals surface area contributed by atoms with E-state index in [0.29, 0.717) is 28.6 Å². The van der Waals surface area contributed by atoms with Gasteiger partial charge in [0.25, 0.3) is 5.91 Å². The summed E-state index contributed by atoms with van der Waals surface area (Å²) in [6, 6.07) is 12.3. The van der Waals surface area contributed by atoms with E-state index < -0.39 is 29.7 Å². The summed E-state index contributed by atoms with van der Waals surface area (Å²) in [7, 11) is 0. The van der Waals surface area contributed by atoms with E-state index >= 15 is 0 Å². The van der Waals surface area contributed by atoms with Gasteiger partial charge in [0.05, 0.1) is 0 Å². The van der Waals surface area contributed by atoms with Crippen LogP contribution >= 0.6 is 23.2 Å². The molecule has 0 spiro atoms. The van der Waals surface area contributed by atoms with Crippen LogP contribution in [0.25, 0.3) is 0 Å². The highest BCUT2D eigenvalue weighted by atomic mass is 35.5. The molecule has 2 N–H and O–H groups in total. The molecular weight excluding hydrogens is 465 g/mol. The Hall–Kier alpha value is -2.90. The largest absolute Gasteiger partial charge is 0.350 e. The first-order chi connectivity index (χ1) is 15.8. The van der Waals surface area contributed by atoms with Crippen molar-refractivity contribution in [3.8, 4) is 0 Å². The third kappa shape index (κ3) is 6.12. The smallest absolute Gasteiger partial charge is 0.289 e. The number of rotatable bonds is 9. The Kier molecular flexibility index (Phi) is 8.47. The van der Waals surface area contributed by atoms with Crippen molar-refractivity contribution in [1.82, 2.24) is 15.5 Å². The predicted octanol–water partition coefficient (Wildman–Crippen LogP) is 2.92. The first-order valence-electron chi connectivity index (χ1n) is 10.7. The number of carbonyl (C=O) groups excluding carboxylic acids is 4. The number of Topliss-reactive ketones (excluding diaryl/α,β-unsaturated/α-hetero) is 1. The topological polar surface area (TPSA) is 95.6 Å². The second-order valence-corrected chi connectivity index (χ2v) is 8.57. The van der Waals surface area contributed by atoms with Crippen LogP contribution in [0.5, 0.6) is 0 Å². The molecule has 2 aromatic carbocycles. The maximum absolute atomic E-state index is 13.2. The highest BCUT2D eigenvalue weighted by Gasteiger charge is 2.38. The molecule has 7 nitrogen and oxygen atoms in total. The third-order valence-corrected chi connectivity index (χ3v) is 6.21. The fraction of sp³-hybridized carbons (Fsp3) is 0.333. The van der Waals surface area contributed by atoms with Gasteiger partial charge >= 0.3 is 0 Å². The van der Waals surface area contributed by atoms with Gasteiger partial charge in [0.1, 0.15) is 12.1 Å². The summed E-state index contributed by atoms with van der Waals surface area (Å²) >= 11 is 12.5. The van der Waals surface area contributed by atoms with Gasteiger partial charge in [0, 0.05) is 41.5 Å². The van der Waals surface area contributed by atoms with E-state index in [9.17, 15) is 19.2 Å². The average Bonchev–Trinajstić information content (AvgIpc) is 3.16. The molecule has 9 heteroatoms. The minimum atomic E-state index is -1.06. The van der Waals surface area contributed by atoms with Crippen molar-refractivity contribution in [3.63, 3.8) is 0 Å². The number of hydrogen-bond donors (Lipinski definition) is 2. The zero-order valence-electron chi connectivity index (χ0n) is 18.1. The van der Waals surface area contributed by atoms with Crippen LogP contribution < -0.4 is 10.6 Å². The average molecular weight is 490 g/mol. The van der Waals surface area contributed by atoms with Gasteiger partial charge in [0.2, 0.25) is 17.6 Å². The Bertz CT molecular complexity index is 1030. The molecule has 1 unspecified atom stereocenters. The highest BCUT2D eigenvalue weighted by molar-refractivity contribution is 6.38. The summed E-state index contributed by atoms with van der Waals surface area (Å²) < 4.78 is 0. The van der Waals surface area contributed by atoms with Gasteiger partial charge < -0.3 is 15.5 Å². The SMILES string of the molecule is CCNC(=O)C(=O)C(Cc1ccccc1)NC(=O)[C@H]1CCC(=O)N1Cc1c(Cl)cccc1Cl. The van der Waals surface area contributed by atoms with Gasteiger partial charge in [-0.15, -0.1) is 0 Å². The van der Waals surface area contributed by atoms with Gasteiger partial charge in [-0.1, -0.05) is 59.6 Å². The molecule has 3 amide bonds. The third-order valence-electron chi connectivity index (χ3n) is 5.50. The van der Waals surface area contributed by atoms with Gasteiger partial charge in [-0.3, -0.25) is 19.2 Å². The molecule has 0 radical (unpaired) electrons. The molecule has 0 saturated carbocycles. The standard InChI is InChI=1S/C24H25Cl2N3O4/c1-2-27-24(33)22(31)19(13-15-7-4-3-5-8-15)28-23(32)20-11-12-21(30)29(20)14-16-17(25)9-6-10-18(16)26/h3-10,19-20H,2,11-14H2,1H3,(H,27,33)(H,28,32)/t19?,20-/m1/s1. The molecule has 1 aliphatic heterocycles. The quantitative estimate of drug-likeness (QED) is 0.529. The lowest BCUT2D eigenvalue weighted by atomic mass is 10.0. The van der Waals surface area contributed by atoms with E-state index in [1.54, 1.807) is 25.1 Å². The molecule has 1 saturated heterocycles. The minimum Gasteiger partial charge on any atom is -0.350 e. The van der Waals surface area contributed by atoms with E-state index in [1.807, 2.05) is 30.3 Å². The Balaban J connectivity index is 1.79. The van der Waals surface area contributed by atoms with Crippen molar-refractivity contribution in [2.75, 3.05) is 6.54 Å². The first kappa shape index (κ1) is 24.7. The van der Waals surface area contributed by atoms with Crippen LogP contribution in [-0.4, -0.2) is 47.0 Å². The maximum Gasteiger partial charge on any atom is 0.289 e. The Labute approximate surface area is 202 Å². The van der Waals surface area contributed by atoms with Crippen LogP contribution in [-0.2, 0) is 32.1 Å². The van der Waals surface area contributed by atoms with Gasteiger partial charge in [-0.05, 0) is 31.0 Å². The number of ketones is 1. The van der Waals surface area contributed by atoms with Crippen LogP contribution in [0.3, 0.4) is 0 Å². The lowest BCUT2D eigenvalue weighted by Gasteiger charge is -2.27. The monoisotopic (exact) mass is 489 g/mol. The van der Waals surface area contributed by atoms with Crippen molar-refractivity contribution in [2.45, 2.75) is 44.8 Å². The van der Waals surface area contributed by atoms with Crippen LogP contribution in [0.1, 0.15) is 30.9 Å². The molecule has 0 bridgehead atoms. The van der Waals surface area contributed by atoms with Gasteiger partial charge in [0.15, 0.2) is 0 Å². The molecule has 2 aromatic rings. The van der Waals surface area contributed by atoms with Gasteiger partial charge in [-0.25, -0.2) is 0 Å². The second-order valence-electron chi connectivity index (χ2n) is 7.75. The zero-order chi connectivity index (χ0) is 24.0. The Morgan fingerprint density at radius 3 is 2.36 bits per heavy atom. The number of hydrogen-bond acceptors (Lipinski definition) is 4.